The van der Waals surface area contributed by atoms with Gasteiger partial charge in [0, 0.05) is 19.1 Å². The van der Waals surface area contributed by atoms with E-state index in [0.29, 0.717) is 16.1 Å². The summed E-state index contributed by atoms with van der Waals surface area (Å²) in [6.07, 6.45) is 0. The Bertz CT molecular complexity index is 1120. The number of benzene rings is 1. The van der Waals surface area contributed by atoms with Crippen molar-refractivity contribution in [2.45, 2.75) is 5.22 Å². The largest absolute Gasteiger partial charge is 0.431 e. The molecule has 0 unspecified atom stereocenters. The normalized spacial score (nSPS) is 11.2. The number of nitrogens with zero attached hydrogens (tertiary/aromatic N) is 3. The van der Waals surface area contributed by atoms with Gasteiger partial charge >= 0.3 is 5.69 Å². The van der Waals surface area contributed by atoms with Crippen LogP contribution in [0.5, 0.6) is 0 Å². The van der Waals surface area contributed by atoms with E-state index in [1.54, 1.807) is 18.2 Å². The van der Waals surface area contributed by atoms with Gasteiger partial charge in [-0.3, -0.25) is 18.7 Å². The van der Waals surface area contributed by atoms with E-state index in [1.807, 2.05) is 0 Å². The third-order valence-electron chi connectivity index (χ3n) is 3.65. The quantitative estimate of drug-likeness (QED) is 0.538. The molecule has 130 valence electrons. The van der Waals surface area contributed by atoms with Gasteiger partial charge < -0.3 is 10.2 Å². The predicted octanol–water partition coefficient (Wildman–Crippen LogP) is 1.44. The molecule has 0 bridgehead atoms. The zero-order valence-corrected chi connectivity index (χ0v) is 14.8. The summed E-state index contributed by atoms with van der Waals surface area (Å²) in [5, 5.41) is 0.792. The minimum atomic E-state index is -0.726. The van der Waals surface area contributed by atoms with Crippen molar-refractivity contribution in [3.8, 4) is 0 Å². The number of nitrogens with two attached hydrogens (primary N) is 1. The third-order valence-corrected chi connectivity index (χ3v) is 4.71. The number of oxazole rings is 1. The zero-order chi connectivity index (χ0) is 18.3. The fraction of sp³-hybridized carbons (Fsp3) is 0.200. The Labute approximate surface area is 150 Å². The van der Waals surface area contributed by atoms with E-state index in [0.717, 1.165) is 20.9 Å². The monoisotopic (exact) mass is 380 g/mol. The summed E-state index contributed by atoms with van der Waals surface area (Å²) < 4.78 is 7.41. The molecule has 0 atom stereocenters. The first-order chi connectivity index (χ1) is 11.8. The van der Waals surface area contributed by atoms with Crippen molar-refractivity contribution in [3.63, 3.8) is 0 Å². The highest BCUT2D eigenvalue weighted by Crippen LogP contribution is 2.26. The molecule has 0 saturated heterocycles. The molecule has 0 aliphatic heterocycles. The lowest BCUT2D eigenvalue weighted by Crippen LogP contribution is -2.41. The summed E-state index contributed by atoms with van der Waals surface area (Å²) in [4.78, 5) is 40.6. The molecule has 0 aliphatic carbocycles. The molecule has 3 rings (SSSR count). The summed E-state index contributed by atoms with van der Waals surface area (Å²) in [6, 6.07) is 4.99. The second-order valence-electron chi connectivity index (χ2n) is 5.27. The van der Waals surface area contributed by atoms with Crippen LogP contribution in [0, 0.1) is 0 Å². The molecule has 2 heterocycles. The maximum Gasteiger partial charge on any atom is 0.332 e. The molecule has 1 aromatic carbocycles. The van der Waals surface area contributed by atoms with Crippen LogP contribution in [0.2, 0.25) is 5.02 Å². The van der Waals surface area contributed by atoms with E-state index in [2.05, 4.69) is 4.98 Å². The number of nitrogen functional groups attached to an aromatic ring is 1. The van der Waals surface area contributed by atoms with Gasteiger partial charge in [-0.05, 0) is 18.2 Å². The van der Waals surface area contributed by atoms with E-state index < -0.39 is 17.0 Å². The number of carbonyl (C=O) groups is 1. The molecule has 3 aromatic rings. The number of anilines is 1. The summed E-state index contributed by atoms with van der Waals surface area (Å²) in [6.45, 7) is 0. The third kappa shape index (κ3) is 3.08. The summed E-state index contributed by atoms with van der Waals surface area (Å²) in [5.74, 6) is -0.792. The lowest BCUT2D eigenvalue weighted by Gasteiger charge is -2.10. The fourth-order valence-corrected chi connectivity index (χ4v) is 3.14. The smallest absolute Gasteiger partial charge is 0.332 e. The summed E-state index contributed by atoms with van der Waals surface area (Å²) >= 11 is 6.92. The SMILES string of the molecule is Cn1c(N)c(C(=O)CSc2nc3cc(Cl)ccc3o2)c(=O)n(C)c1=O. The molecule has 2 aromatic heterocycles. The van der Waals surface area contributed by atoms with E-state index in [-0.39, 0.29) is 22.4 Å². The van der Waals surface area contributed by atoms with Crippen molar-refractivity contribution in [1.82, 2.24) is 14.1 Å². The molecular weight excluding hydrogens is 368 g/mol. The Kier molecular flexibility index (Phi) is 4.44. The van der Waals surface area contributed by atoms with Gasteiger partial charge in [0.15, 0.2) is 11.4 Å². The van der Waals surface area contributed by atoms with E-state index in [9.17, 15) is 14.4 Å². The average molecular weight is 381 g/mol. The Morgan fingerprint density at radius 3 is 2.76 bits per heavy atom. The number of ketones is 1. The summed E-state index contributed by atoms with van der Waals surface area (Å²) in [7, 11) is 2.68. The molecule has 2 N–H and O–H groups in total. The number of carbonyl (C=O) groups excluding carboxylic acids is 1. The van der Waals surface area contributed by atoms with Crippen LogP contribution in [0.15, 0.2) is 37.4 Å². The number of rotatable bonds is 4. The van der Waals surface area contributed by atoms with E-state index in [4.69, 9.17) is 21.8 Å². The Morgan fingerprint density at radius 1 is 1.32 bits per heavy atom. The number of fused-ring (bicyclic) bond motifs is 1. The van der Waals surface area contributed by atoms with Crippen molar-refractivity contribution in [1.29, 1.82) is 0 Å². The van der Waals surface area contributed by atoms with Gasteiger partial charge in [-0.1, -0.05) is 23.4 Å². The van der Waals surface area contributed by atoms with Crippen molar-refractivity contribution in [3.05, 3.63) is 49.6 Å². The first-order valence-corrected chi connectivity index (χ1v) is 8.43. The molecule has 0 saturated carbocycles. The minimum Gasteiger partial charge on any atom is -0.431 e. The van der Waals surface area contributed by atoms with Crippen molar-refractivity contribution in [2.24, 2.45) is 14.1 Å². The van der Waals surface area contributed by atoms with Gasteiger partial charge in [-0.15, -0.1) is 0 Å². The van der Waals surface area contributed by atoms with Crippen LogP contribution in [0.1, 0.15) is 10.4 Å². The number of hydrogen-bond donors (Lipinski definition) is 1. The maximum atomic E-state index is 12.4. The molecular formula is C15H13ClN4O4S. The van der Waals surface area contributed by atoms with Gasteiger partial charge in [0.25, 0.3) is 10.8 Å². The lowest BCUT2D eigenvalue weighted by atomic mass is 10.2. The molecule has 0 aliphatic rings. The van der Waals surface area contributed by atoms with Crippen molar-refractivity contribution in [2.75, 3.05) is 11.5 Å². The van der Waals surface area contributed by atoms with Crippen LogP contribution in [0.4, 0.5) is 5.82 Å². The molecule has 0 spiro atoms. The predicted molar refractivity (Wildman–Crippen MR) is 95.4 cm³/mol. The first kappa shape index (κ1) is 17.3. The fourth-order valence-electron chi connectivity index (χ4n) is 2.26. The number of aromatic nitrogens is 3. The number of hydrogen-bond acceptors (Lipinski definition) is 7. The van der Waals surface area contributed by atoms with Crippen LogP contribution >= 0.6 is 23.4 Å². The topological polar surface area (TPSA) is 113 Å². The van der Waals surface area contributed by atoms with Crippen molar-refractivity contribution < 1.29 is 9.21 Å². The van der Waals surface area contributed by atoms with Crippen LogP contribution in [0.25, 0.3) is 11.1 Å². The molecule has 0 radical (unpaired) electrons. The highest BCUT2D eigenvalue weighted by Gasteiger charge is 2.21. The maximum absolute atomic E-state index is 12.4. The number of Topliss-reactive ketones (excluding diaryl/α,β-unsaturated/α-hetero) is 1. The van der Waals surface area contributed by atoms with Gasteiger partial charge in [0.2, 0.25) is 0 Å². The molecule has 8 nitrogen and oxygen atoms in total. The van der Waals surface area contributed by atoms with Crippen molar-refractivity contribution >= 4 is 46.1 Å². The van der Waals surface area contributed by atoms with E-state index >= 15 is 0 Å². The van der Waals surface area contributed by atoms with Gasteiger partial charge in [-0.2, -0.15) is 0 Å². The second-order valence-corrected chi connectivity index (χ2v) is 6.63. The van der Waals surface area contributed by atoms with Crippen LogP contribution in [-0.2, 0) is 14.1 Å². The summed E-state index contributed by atoms with van der Waals surface area (Å²) in [5.41, 5.74) is 5.33. The average Bonchev–Trinajstić information content (AvgIpc) is 2.98. The Hall–Kier alpha value is -2.52. The highest BCUT2D eigenvalue weighted by molar-refractivity contribution is 7.99. The van der Waals surface area contributed by atoms with Crippen LogP contribution < -0.4 is 17.0 Å². The number of halogens is 1. The van der Waals surface area contributed by atoms with E-state index in [1.165, 1.54) is 14.1 Å². The molecule has 25 heavy (non-hydrogen) atoms. The Balaban J connectivity index is 1.88. The number of thioether (sulfide) groups is 1. The Morgan fingerprint density at radius 2 is 2.04 bits per heavy atom. The van der Waals surface area contributed by atoms with Crippen LogP contribution in [-0.4, -0.2) is 25.7 Å². The van der Waals surface area contributed by atoms with Gasteiger partial charge in [0.05, 0.1) is 5.75 Å². The standard InChI is InChI=1S/C15H13ClN4O4S/c1-19-12(17)11(13(22)20(2)15(19)23)9(21)6-25-14-18-8-5-7(16)3-4-10(8)24-14/h3-5H,6,17H2,1-2H3. The lowest BCUT2D eigenvalue weighted by molar-refractivity contribution is 0.102. The first-order valence-electron chi connectivity index (χ1n) is 7.07. The van der Waals surface area contributed by atoms with Gasteiger partial charge in [-0.25, -0.2) is 9.78 Å². The zero-order valence-electron chi connectivity index (χ0n) is 13.3. The minimum absolute atomic E-state index is 0.113. The highest BCUT2D eigenvalue weighted by atomic mass is 35.5. The molecule has 0 amide bonds. The second kappa shape index (κ2) is 6.41. The molecule has 0 fully saturated rings. The van der Waals surface area contributed by atoms with Crippen LogP contribution in [0.3, 0.4) is 0 Å². The van der Waals surface area contributed by atoms with Gasteiger partial charge in [0.1, 0.15) is 16.9 Å². The molecule has 10 heteroatoms.